The Morgan fingerprint density at radius 3 is 3.12 bits per heavy atom. The summed E-state index contributed by atoms with van der Waals surface area (Å²) in [4.78, 5) is 0. The molecule has 1 unspecified atom stereocenters. The highest BCUT2D eigenvalue weighted by molar-refractivity contribution is 9.10. The predicted molar refractivity (Wildman–Crippen MR) is 69.2 cm³/mol. The Morgan fingerprint density at radius 1 is 1.50 bits per heavy atom. The van der Waals surface area contributed by atoms with Gasteiger partial charge in [0.15, 0.2) is 0 Å². The first-order valence-electron chi connectivity index (χ1n) is 5.39. The van der Waals surface area contributed by atoms with Gasteiger partial charge in [0, 0.05) is 18.1 Å². The minimum absolute atomic E-state index is 0.185. The van der Waals surface area contributed by atoms with Crippen molar-refractivity contribution in [2.75, 3.05) is 12.4 Å². The van der Waals surface area contributed by atoms with Crippen LogP contribution in [0, 0.1) is 5.82 Å². The van der Waals surface area contributed by atoms with Crippen molar-refractivity contribution in [3.05, 3.63) is 34.1 Å². The predicted octanol–water partition coefficient (Wildman–Crippen LogP) is 4.00. The van der Waals surface area contributed by atoms with Gasteiger partial charge in [0.1, 0.15) is 5.82 Å². The highest BCUT2D eigenvalue weighted by Crippen LogP contribution is 2.26. The minimum atomic E-state index is -0.185. The van der Waals surface area contributed by atoms with Crippen LogP contribution in [0.1, 0.15) is 18.4 Å². The molecule has 1 aromatic carbocycles. The summed E-state index contributed by atoms with van der Waals surface area (Å²) >= 11 is 5.08. The fourth-order valence-corrected chi connectivity index (χ4v) is 3.43. The monoisotopic (exact) mass is 304 g/mol. The van der Waals surface area contributed by atoms with Crippen LogP contribution in [0.3, 0.4) is 0 Å². The Hall–Kier alpha value is -0.0600. The molecule has 1 fully saturated rings. The molecule has 0 aliphatic carbocycles. The lowest BCUT2D eigenvalue weighted by Gasteiger charge is -2.09. The van der Waals surface area contributed by atoms with Gasteiger partial charge < -0.3 is 4.74 Å². The SMILES string of the molecule is Fc1cccc(CSCC2CCCO2)c1Br. The van der Waals surface area contributed by atoms with Crippen LogP contribution in [-0.2, 0) is 10.5 Å². The lowest BCUT2D eigenvalue weighted by Crippen LogP contribution is -2.08. The maximum Gasteiger partial charge on any atom is 0.137 e. The lowest BCUT2D eigenvalue weighted by molar-refractivity contribution is 0.129. The maximum absolute atomic E-state index is 13.2. The number of hydrogen-bond acceptors (Lipinski definition) is 2. The minimum Gasteiger partial charge on any atom is -0.377 e. The Kier molecular flexibility index (Phi) is 4.67. The Morgan fingerprint density at radius 2 is 2.38 bits per heavy atom. The van der Waals surface area contributed by atoms with Crippen molar-refractivity contribution < 1.29 is 9.13 Å². The van der Waals surface area contributed by atoms with Crippen LogP contribution < -0.4 is 0 Å². The molecule has 0 aromatic heterocycles. The fourth-order valence-electron chi connectivity index (χ4n) is 1.74. The molecule has 0 amide bonds. The normalized spacial score (nSPS) is 20.2. The quantitative estimate of drug-likeness (QED) is 0.831. The van der Waals surface area contributed by atoms with Crippen molar-refractivity contribution in [1.29, 1.82) is 0 Å². The van der Waals surface area contributed by atoms with E-state index in [0.29, 0.717) is 10.6 Å². The summed E-state index contributed by atoms with van der Waals surface area (Å²) in [6.07, 6.45) is 2.74. The molecule has 88 valence electrons. The van der Waals surface area contributed by atoms with Crippen LogP contribution in [0.2, 0.25) is 0 Å². The molecule has 1 nitrogen and oxygen atoms in total. The fraction of sp³-hybridized carbons (Fsp3) is 0.500. The molecule has 1 atom stereocenters. The van der Waals surface area contributed by atoms with Gasteiger partial charge in [0.05, 0.1) is 10.6 Å². The van der Waals surface area contributed by atoms with Gasteiger partial charge in [-0.15, -0.1) is 0 Å². The van der Waals surface area contributed by atoms with Crippen molar-refractivity contribution in [3.63, 3.8) is 0 Å². The van der Waals surface area contributed by atoms with Crippen molar-refractivity contribution in [3.8, 4) is 0 Å². The van der Waals surface area contributed by atoms with Crippen LogP contribution in [0.4, 0.5) is 4.39 Å². The summed E-state index contributed by atoms with van der Waals surface area (Å²) < 4.78 is 19.4. The average Bonchev–Trinajstić information content (AvgIpc) is 2.77. The molecule has 0 radical (unpaired) electrons. The van der Waals surface area contributed by atoms with E-state index in [0.717, 1.165) is 30.1 Å². The first kappa shape index (κ1) is 12.4. The van der Waals surface area contributed by atoms with E-state index in [1.165, 1.54) is 12.5 Å². The summed E-state index contributed by atoms with van der Waals surface area (Å²) in [6, 6.07) is 5.18. The zero-order valence-corrected chi connectivity index (χ0v) is 11.3. The van der Waals surface area contributed by atoms with E-state index >= 15 is 0 Å². The summed E-state index contributed by atoms with van der Waals surface area (Å²) in [6.45, 7) is 0.898. The van der Waals surface area contributed by atoms with Crippen LogP contribution in [-0.4, -0.2) is 18.5 Å². The molecule has 2 rings (SSSR count). The second kappa shape index (κ2) is 6.03. The van der Waals surface area contributed by atoms with E-state index in [1.807, 2.05) is 6.07 Å². The molecule has 16 heavy (non-hydrogen) atoms. The third-order valence-corrected chi connectivity index (χ3v) is 4.63. The average molecular weight is 305 g/mol. The Balaban J connectivity index is 1.82. The van der Waals surface area contributed by atoms with Gasteiger partial charge in [-0.2, -0.15) is 11.8 Å². The topological polar surface area (TPSA) is 9.23 Å². The van der Waals surface area contributed by atoms with Gasteiger partial charge in [0.25, 0.3) is 0 Å². The second-order valence-corrected chi connectivity index (χ2v) is 5.69. The molecule has 1 aromatic rings. The third-order valence-electron chi connectivity index (χ3n) is 2.62. The molecule has 0 saturated carbocycles. The van der Waals surface area contributed by atoms with Gasteiger partial charge in [-0.1, -0.05) is 12.1 Å². The summed E-state index contributed by atoms with van der Waals surface area (Å²) in [5.74, 6) is 1.65. The summed E-state index contributed by atoms with van der Waals surface area (Å²) in [5.41, 5.74) is 1.02. The Labute approximate surface area is 108 Å². The van der Waals surface area contributed by atoms with Gasteiger partial charge in [-0.3, -0.25) is 0 Å². The van der Waals surface area contributed by atoms with Crippen LogP contribution >= 0.6 is 27.7 Å². The van der Waals surface area contributed by atoms with E-state index in [1.54, 1.807) is 17.8 Å². The first-order valence-corrected chi connectivity index (χ1v) is 7.34. The number of halogens is 2. The number of ether oxygens (including phenoxy) is 1. The lowest BCUT2D eigenvalue weighted by atomic mass is 10.2. The number of benzene rings is 1. The largest absolute Gasteiger partial charge is 0.377 e. The van der Waals surface area contributed by atoms with Gasteiger partial charge in [-0.25, -0.2) is 4.39 Å². The molecule has 0 N–H and O–H groups in total. The van der Waals surface area contributed by atoms with Crippen molar-refractivity contribution in [2.24, 2.45) is 0 Å². The van der Waals surface area contributed by atoms with Crippen molar-refractivity contribution >= 4 is 27.7 Å². The first-order chi connectivity index (χ1) is 7.77. The summed E-state index contributed by atoms with van der Waals surface area (Å²) in [5, 5.41) is 0. The van der Waals surface area contributed by atoms with Gasteiger partial charge in [0.2, 0.25) is 0 Å². The van der Waals surface area contributed by atoms with E-state index in [9.17, 15) is 4.39 Å². The number of thioether (sulfide) groups is 1. The zero-order chi connectivity index (χ0) is 11.4. The third kappa shape index (κ3) is 3.22. The number of hydrogen-bond donors (Lipinski definition) is 0. The molecule has 1 aliphatic heterocycles. The Bertz CT molecular complexity index is 353. The molecule has 0 bridgehead atoms. The van der Waals surface area contributed by atoms with E-state index in [4.69, 9.17) is 4.74 Å². The van der Waals surface area contributed by atoms with Crippen molar-refractivity contribution in [2.45, 2.75) is 24.7 Å². The van der Waals surface area contributed by atoms with Crippen LogP contribution in [0.15, 0.2) is 22.7 Å². The van der Waals surface area contributed by atoms with Gasteiger partial charge in [-0.05, 0) is 40.4 Å². The summed E-state index contributed by atoms with van der Waals surface area (Å²) in [7, 11) is 0. The smallest absolute Gasteiger partial charge is 0.137 e. The van der Waals surface area contributed by atoms with Gasteiger partial charge >= 0.3 is 0 Å². The molecule has 0 spiro atoms. The van der Waals surface area contributed by atoms with E-state index in [-0.39, 0.29) is 5.82 Å². The van der Waals surface area contributed by atoms with E-state index in [2.05, 4.69) is 15.9 Å². The zero-order valence-electron chi connectivity index (χ0n) is 8.92. The second-order valence-electron chi connectivity index (χ2n) is 3.86. The van der Waals surface area contributed by atoms with Crippen LogP contribution in [0.25, 0.3) is 0 Å². The highest BCUT2D eigenvalue weighted by atomic mass is 79.9. The number of rotatable bonds is 4. The van der Waals surface area contributed by atoms with E-state index < -0.39 is 0 Å². The van der Waals surface area contributed by atoms with Crippen molar-refractivity contribution in [1.82, 2.24) is 0 Å². The highest BCUT2D eigenvalue weighted by Gasteiger charge is 2.15. The molecular weight excluding hydrogens is 291 g/mol. The van der Waals surface area contributed by atoms with Crippen LogP contribution in [0.5, 0.6) is 0 Å². The molecule has 1 saturated heterocycles. The standard InChI is InChI=1S/C12H14BrFOS/c13-12-9(3-1-5-11(12)14)7-16-8-10-4-2-6-15-10/h1,3,5,10H,2,4,6-8H2. The molecule has 4 heteroatoms. The molecule has 1 heterocycles. The molecule has 1 aliphatic rings. The molecular formula is C12H14BrFOS. The maximum atomic E-state index is 13.2.